The van der Waals surface area contributed by atoms with Crippen LogP contribution in [0, 0.1) is 0 Å². The van der Waals surface area contributed by atoms with Crippen LogP contribution in [0.3, 0.4) is 0 Å². The van der Waals surface area contributed by atoms with Gasteiger partial charge in [-0.3, -0.25) is 0 Å². The van der Waals surface area contributed by atoms with E-state index in [9.17, 15) is 25.2 Å². The molecule has 0 aromatic heterocycles. The van der Waals surface area contributed by atoms with E-state index in [4.69, 9.17) is 0 Å². The summed E-state index contributed by atoms with van der Waals surface area (Å²) in [5, 5.41) is 0. The van der Waals surface area contributed by atoms with Gasteiger partial charge in [0.2, 0.25) is 0 Å². The van der Waals surface area contributed by atoms with Crippen LogP contribution in [-0.2, 0) is 0 Å². The standard InChI is InChI=1S/4C6H5.Bi.F6P/c4*1-2-4-6-5-3-1;;1-7(2,3,4,5)6/h4*1-5H;;/q;;;;;-1. The first-order valence-electron chi connectivity index (χ1n) is 9.55. The molecule has 4 aromatic carbocycles. The first-order chi connectivity index (χ1) is 14.9. The van der Waals surface area contributed by atoms with Crippen molar-refractivity contribution in [2.75, 3.05) is 0 Å². The average Bonchev–Trinajstić information content (AvgIpc) is 2.75. The number of hydrogen-bond acceptors (Lipinski definition) is 0. The van der Waals surface area contributed by atoms with Crippen LogP contribution in [0.4, 0.5) is 25.2 Å². The van der Waals surface area contributed by atoms with Crippen molar-refractivity contribution in [2.24, 2.45) is 0 Å². The van der Waals surface area contributed by atoms with Crippen molar-refractivity contribution in [2.45, 2.75) is 0 Å². The van der Waals surface area contributed by atoms with E-state index in [0.29, 0.717) is 0 Å². The van der Waals surface area contributed by atoms with Crippen LogP contribution in [0.25, 0.3) is 0 Å². The molecular weight excluding hydrogens is 642 g/mol. The molecule has 169 valence electrons. The first-order valence-corrected chi connectivity index (χ1v) is 18.5. The van der Waals surface area contributed by atoms with Crippen molar-refractivity contribution in [3.8, 4) is 0 Å². The van der Waals surface area contributed by atoms with Gasteiger partial charge in [0.1, 0.15) is 0 Å². The zero-order valence-electron chi connectivity index (χ0n) is 16.7. The van der Waals surface area contributed by atoms with Gasteiger partial charge in [-0.15, -0.1) is 0 Å². The maximum absolute atomic E-state index is 10.7. The van der Waals surface area contributed by atoms with Crippen LogP contribution < -0.4 is 13.1 Å². The van der Waals surface area contributed by atoms with Gasteiger partial charge >= 0.3 is 188 Å². The fourth-order valence-corrected chi connectivity index (χ4v) is 20.1. The Bertz CT molecular complexity index is 960. The van der Waals surface area contributed by atoms with Gasteiger partial charge in [0.05, 0.1) is 0 Å². The monoisotopic (exact) mass is 662 g/mol. The van der Waals surface area contributed by atoms with Gasteiger partial charge in [-0.1, -0.05) is 0 Å². The molecule has 0 fully saturated rings. The Morgan fingerprint density at radius 2 is 0.500 bits per heavy atom. The van der Waals surface area contributed by atoms with Gasteiger partial charge < -0.3 is 0 Å². The molecule has 0 saturated heterocycles. The van der Waals surface area contributed by atoms with Gasteiger partial charge in [-0.25, -0.2) is 0 Å². The van der Waals surface area contributed by atoms with Gasteiger partial charge in [0.25, 0.3) is 0 Å². The second-order valence-electron chi connectivity index (χ2n) is 6.97. The van der Waals surface area contributed by atoms with Crippen molar-refractivity contribution >= 4 is 41.2 Å². The predicted molar refractivity (Wildman–Crippen MR) is 124 cm³/mol. The van der Waals surface area contributed by atoms with E-state index < -0.39 is 28.1 Å². The fraction of sp³-hybridized carbons (Fsp3) is 0. The second kappa shape index (κ2) is 8.61. The van der Waals surface area contributed by atoms with Crippen molar-refractivity contribution < 1.29 is 25.2 Å². The number of hydrogen-bond donors (Lipinski definition) is 0. The molecule has 0 aliphatic carbocycles. The molecule has 0 amide bonds. The summed E-state index contributed by atoms with van der Waals surface area (Å²) in [6.45, 7) is 0. The summed E-state index contributed by atoms with van der Waals surface area (Å²) < 4.78 is 65.2. The Labute approximate surface area is 187 Å². The van der Waals surface area contributed by atoms with E-state index in [1.54, 1.807) is 0 Å². The normalized spacial score (nSPS) is 13.8. The molecule has 1 radical (unpaired) electrons. The predicted octanol–water partition coefficient (Wildman–Crippen LogP) is 6.45. The van der Waals surface area contributed by atoms with Crippen molar-refractivity contribution in [1.29, 1.82) is 0 Å². The zero-order valence-corrected chi connectivity index (χ0v) is 21.1. The van der Waals surface area contributed by atoms with E-state index in [2.05, 4.69) is 121 Å². The van der Waals surface area contributed by atoms with E-state index in [-0.39, 0.29) is 0 Å². The molecule has 0 saturated carbocycles. The number of rotatable bonds is 4. The summed E-state index contributed by atoms with van der Waals surface area (Å²) >= 11 is -3.38. The van der Waals surface area contributed by atoms with Gasteiger partial charge in [0.15, 0.2) is 0 Å². The molecule has 4 rings (SSSR count). The zero-order chi connectivity index (χ0) is 23.4. The number of halogens is 6. The maximum atomic E-state index is 9.87. The summed E-state index contributed by atoms with van der Waals surface area (Å²) in [6, 6.07) is 44.5. The van der Waals surface area contributed by atoms with Gasteiger partial charge in [0, 0.05) is 0 Å². The molecule has 0 aliphatic heterocycles. The third-order valence-corrected chi connectivity index (χ3v) is 21.3. The number of benzene rings is 4. The summed E-state index contributed by atoms with van der Waals surface area (Å²) in [4.78, 5) is 0. The van der Waals surface area contributed by atoms with Crippen LogP contribution in [0.1, 0.15) is 0 Å². The molecule has 8 heteroatoms. The molecule has 0 atom stereocenters. The van der Waals surface area contributed by atoms with Crippen LogP contribution >= 0.6 is 7.81 Å². The van der Waals surface area contributed by atoms with Crippen molar-refractivity contribution in [3.63, 3.8) is 0 Å². The average molecular weight is 662 g/mol. The van der Waals surface area contributed by atoms with Crippen LogP contribution in [0.5, 0.6) is 0 Å². The molecule has 32 heavy (non-hydrogen) atoms. The summed E-state index contributed by atoms with van der Waals surface area (Å²) in [5.74, 6) is 0. The third-order valence-electron chi connectivity index (χ3n) is 4.57. The Kier molecular flexibility index (Phi) is 6.57. The SMILES string of the molecule is F[P-](F)(F)(F)(F)F.c1cc[c]([Bi]([c]2ccccc2)([c]2ccccc2)[c]2ccccc2)cc1. The second-order valence-corrected chi connectivity index (χ2v) is 22.1. The Balaban J connectivity index is 0.000000360. The molecule has 4 aromatic rings. The minimum atomic E-state index is -10.7. The van der Waals surface area contributed by atoms with Crippen LogP contribution in [-0.4, -0.2) is 20.3 Å². The summed E-state index contributed by atoms with van der Waals surface area (Å²) in [6.07, 6.45) is 0. The van der Waals surface area contributed by atoms with Crippen LogP contribution in [0.2, 0.25) is 0 Å². The molecule has 0 nitrogen and oxygen atoms in total. The Morgan fingerprint density at radius 3 is 0.656 bits per heavy atom. The fourth-order valence-electron chi connectivity index (χ4n) is 3.50. The summed E-state index contributed by atoms with van der Waals surface area (Å²) in [7, 11) is -10.7. The summed E-state index contributed by atoms with van der Waals surface area (Å²) in [5.41, 5.74) is 0. The first kappa shape index (κ1) is 24.4. The molecular formula is C24H20BiF6P-. The van der Waals surface area contributed by atoms with E-state index in [0.717, 1.165) is 0 Å². The topological polar surface area (TPSA) is 0 Å². The molecule has 0 unspecified atom stereocenters. The van der Waals surface area contributed by atoms with E-state index in [1.807, 2.05) is 0 Å². The van der Waals surface area contributed by atoms with E-state index >= 15 is 0 Å². The molecule has 0 aliphatic rings. The molecule has 0 bridgehead atoms. The quantitative estimate of drug-likeness (QED) is 0.134. The third kappa shape index (κ3) is 6.88. The Hall–Kier alpha value is -2.23. The van der Waals surface area contributed by atoms with Crippen LogP contribution in [0.15, 0.2) is 121 Å². The minimum absolute atomic E-state index is 1.49. The molecule has 0 N–H and O–H groups in total. The molecule has 0 heterocycles. The van der Waals surface area contributed by atoms with E-state index in [1.165, 1.54) is 13.1 Å². The van der Waals surface area contributed by atoms with Gasteiger partial charge in [-0.2, -0.15) is 0 Å². The van der Waals surface area contributed by atoms with Crippen molar-refractivity contribution in [3.05, 3.63) is 121 Å². The van der Waals surface area contributed by atoms with Gasteiger partial charge in [-0.05, 0) is 0 Å². The Morgan fingerprint density at radius 1 is 0.344 bits per heavy atom. The van der Waals surface area contributed by atoms with Crippen molar-refractivity contribution in [1.82, 2.24) is 0 Å². The molecule has 0 spiro atoms.